The van der Waals surface area contributed by atoms with E-state index in [1.165, 1.54) is 4.80 Å². The lowest BCUT2D eigenvalue weighted by Crippen LogP contribution is -2.21. The number of carbonyl (C=O) groups excluding carboxylic acids is 1. The quantitative estimate of drug-likeness (QED) is 0.842. The largest absolute Gasteiger partial charge is 0.490 e. The minimum atomic E-state index is -5.08. The zero-order chi connectivity index (χ0) is 16.0. The van der Waals surface area contributed by atoms with E-state index in [0.717, 1.165) is 5.69 Å². The number of hydrogen-bond donors (Lipinski definition) is 1. The number of aliphatic carboxylic acids is 1. The normalized spacial score (nSPS) is 10.5. The molecular weight excluding hydrogens is 293 g/mol. The molecule has 0 saturated heterocycles. The highest BCUT2D eigenvalue weighted by molar-refractivity contribution is 5.77. The van der Waals surface area contributed by atoms with E-state index in [4.69, 9.17) is 9.90 Å². The van der Waals surface area contributed by atoms with Gasteiger partial charge in [-0.15, -0.1) is 4.80 Å². The van der Waals surface area contributed by atoms with Crippen molar-refractivity contribution >= 4 is 12.3 Å². The Bertz CT molecular complexity index is 626. The first-order chi connectivity index (χ1) is 9.75. The van der Waals surface area contributed by atoms with E-state index in [1.54, 1.807) is 18.5 Å². The van der Waals surface area contributed by atoms with Gasteiger partial charge in [0.05, 0.1) is 12.4 Å². The maximum atomic E-state index is 10.7. The third-order valence-electron chi connectivity index (χ3n) is 2.03. The highest BCUT2D eigenvalue weighted by Gasteiger charge is 2.38. The van der Waals surface area contributed by atoms with Crippen molar-refractivity contribution in [2.24, 2.45) is 0 Å². The van der Waals surface area contributed by atoms with Gasteiger partial charge in [-0.1, -0.05) is 0 Å². The zero-order valence-corrected chi connectivity index (χ0v) is 10.6. The molecule has 0 unspecified atom stereocenters. The first-order valence-corrected chi connectivity index (χ1v) is 5.35. The Morgan fingerprint density at radius 3 is 2.24 bits per heavy atom. The van der Waals surface area contributed by atoms with E-state index < -0.39 is 12.1 Å². The maximum Gasteiger partial charge on any atom is 0.490 e. The molecule has 0 atom stereocenters. The van der Waals surface area contributed by atoms with Gasteiger partial charge in [0.2, 0.25) is 0 Å². The molecule has 112 valence electrons. The van der Waals surface area contributed by atoms with Gasteiger partial charge in [0.1, 0.15) is 11.4 Å². The molecule has 0 aromatic carbocycles. The van der Waals surface area contributed by atoms with Crippen LogP contribution in [0.1, 0.15) is 16.2 Å². The van der Waals surface area contributed by atoms with E-state index >= 15 is 0 Å². The van der Waals surface area contributed by atoms with Gasteiger partial charge in [-0.2, -0.15) is 23.4 Å². The standard InChI is InChI=1S/C9H8N4O.C2HF3O2/c1-7-2-3-9(8(6-14)12-7)13-10-4-5-11-13;3-2(4,5)1(6)7/h2-6H,1H3;(H,6,7). The number of halogens is 3. The van der Waals surface area contributed by atoms with Crippen LogP contribution in [0.4, 0.5) is 13.2 Å². The number of aryl methyl sites for hydroxylation is 1. The lowest BCUT2D eigenvalue weighted by Gasteiger charge is -2.02. The Morgan fingerprint density at radius 2 is 1.81 bits per heavy atom. The number of rotatable bonds is 2. The SMILES string of the molecule is Cc1ccc(-n2nccn2)c(C=O)n1.O=C(O)C(F)(F)F. The second-order valence-corrected chi connectivity index (χ2v) is 3.60. The summed E-state index contributed by atoms with van der Waals surface area (Å²) in [6.07, 6.45) is -1.28. The van der Waals surface area contributed by atoms with E-state index in [9.17, 15) is 18.0 Å². The number of hydrogen-bond acceptors (Lipinski definition) is 5. The van der Waals surface area contributed by atoms with Gasteiger partial charge in [0.25, 0.3) is 0 Å². The Morgan fingerprint density at radius 1 is 1.29 bits per heavy atom. The first kappa shape index (κ1) is 16.3. The lowest BCUT2D eigenvalue weighted by atomic mass is 10.3. The Kier molecular flexibility index (Phi) is 5.11. The van der Waals surface area contributed by atoms with Crippen molar-refractivity contribution in [1.82, 2.24) is 20.0 Å². The van der Waals surface area contributed by atoms with Crippen molar-refractivity contribution < 1.29 is 27.9 Å². The minimum absolute atomic E-state index is 0.348. The fourth-order valence-electron chi connectivity index (χ4n) is 1.17. The third-order valence-corrected chi connectivity index (χ3v) is 2.03. The fourth-order valence-corrected chi connectivity index (χ4v) is 1.17. The van der Waals surface area contributed by atoms with Crippen LogP contribution in [0, 0.1) is 6.92 Å². The van der Waals surface area contributed by atoms with Gasteiger partial charge < -0.3 is 5.11 Å². The first-order valence-electron chi connectivity index (χ1n) is 5.35. The molecule has 0 radical (unpaired) electrons. The van der Waals surface area contributed by atoms with Gasteiger partial charge >= 0.3 is 12.1 Å². The predicted molar refractivity (Wildman–Crippen MR) is 63.0 cm³/mol. The lowest BCUT2D eigenvalue weighted by molar-refractivity contribution is -0.192. The molecule has 0 bridgehead atoms. The molecule has 0 aliphatic heterocycles. The summed E-state index contributed by atoms with van der Waals surface area (Å²) in [5, 5.41) is 15.0. The van der Waals surface area contributed by atoms with Gasteiger partial charge in [-0.05, 0) is 19.1 Å². The Hall–Kier alpha value is -2.78. The van der Waals surface area contributed by atoms with Gasteiger partial charge in [-0.25, -0.2) is 9.78 Å². The van der Waals surface area contributed by atoms with Gasteiger partial charge in [0, 0.05) is 5.69 Å². The third kappa shape index (κ3) is 4.67. The highest BCUT2D eigenvalue weighted by atomic mass is 19.4. The molecule has 0 aliphatic carbocycles. The van der Waals surface area contributed by atoms with Crippen LogP contribution >= 0.6 is 0 Å². The number of aromatic nitrogens is 4. The van der Waals surface area contributed by atoms with E-state index in [2.05, 4.69) is 15.2 Å². The molecule has 2 aromatic heterocycles. The molecule has 1 N–H and O–H groups in total. The summed E-state index contributed by atoms with van der Waals surface area (Å²) in [6.45, 7) is 1.83. The van der Waals surface area contributed by atoms with Crippen LogP contribution in [-0.2, 0) is 4.79 Å². The summed E-state index contributed by atoms with van der Waals surface area (Å²) in [5.41, 5.74) is 1.74. The molecule has 7 nitrogen and oxygen atoms in total. The second kappa shape index (κ2) is 6.59. The summed E-state index contributed by atoms with van der Waals surface area (Å²) < 4.78 is 31.7. The summed E-state index contributed by atoms with van der Waals surface area (Å²) >= 11 is 0. The topological polar surface area (TPSA) is 98.0 Å². The number of carboxylic acids is 1. The average molecular weight is 302 g/mol. The number of carboxylic acid groups (broad SMARTS) is 1. The summed E-state index contributed by atoms with van der Waals surface area (Å²) in [4.78, 5) is 25.1. The molecular formula is C11H9F3N4O3. The van der Waals surface area contributed by atoms with Crippen molar-refractivity contribution in [3.63, 3.8) is 0 Å². The van der Waals surface area contributed by atoms with E-state index in [0.29, 0.717) is 17.7 Å². The molecule has 0 spiro atoms. The minimum Gasteiger partial charge on any atom is -0.475 e. The monoisotopic (exact) mass is 302 g/mol. The molecule has 21 heavy (non-hydrogen) atoms. The van der Waals surface area contributed by atoms with Crippen LogP contribution in [0.25, 0.3) is 5.69 Å². The summed E-state index contributed by atoms with van der Waals surface area (Å²) in [7, 11) is 0. The van der Waals surface area contributed by atoms with Crippen molar-refractivity contribution in [2.45, 2.75) is 13.1 Å². The molecule has 10 heteroatoms. The number of aldehydes is 1. The molecule has 2 rings (SSSR count). The molecule has 0 saturated carbocycles. The number of carbonyl (C=O) groups is 2. The maximum absolute atomic E-state index is 10.7. The number of pyridine rings is 1. The van der Waals surface area contributed by atoms with Crippen molar-refractivity contribution in [1.29, 1.82) is 0 Å². The van der Waals surface area contributed by atoms with Crippen molar-refractivity contribution in [3.8, 4) is 5.69 Å². The van der Waals surface area contributed by atoms with Crippen LogP contribution in [0.5, 0.6) is 0 Å². The molecule has 2 aromatic rings. The number of nitrogens with zero attached hydrogens (tertiary/aromatic N) is 4. The highest BCUT2D eigenvalue weighted by Crippen LogP contribution is 2.13. The van der Waals surface area contributed by atoms with Crippen LogP contribution in [0.15, 0.2) is 24.5 Å². The molecule has 0 amide bonds. The molecule has 2 heterocycles. The fraction of sp³-hybridized carbons (Fsp3) is 0.182. The van der Waals surface area contributed by atoms with Crippen LogP contribution < -0.4 is 0 Å². The van der Waals surface area contributed by atoms with Crippen LogP contribution in [-0.4, -0.2) is 43.5 Å². The van der Waals surface area contributed by atoms with E-state index in [1.807, 2.05) is 13.0 Å². The average Bonchev–Trinajstić information content (AvgIpc) is 2.92. The molecule has 0 fully saturated rings. The second-order valence-electron chi connectivity index (χ2n) is 3.60. The van der Waals surface area contributed by atoms with Gasteiger partial charge in [-0.3, -0.25) is 4.79 Å². The van der Waals surface area contributed by atoms with Crippen molar-refractivity contribution in [2.75, 3.05) is 0 Å². The molecule has 0 aliphatic rings. The smallest absolute Gasteiger partial charge is 0.475 e. The van der Waals surface area contributed by atoms with E-state index in [-0.39, 0.29) is 0 Å². The van der Waals surface area contributed by atoms with Crippen LogP contribution in [0.2, 0.25) is 0 Å². The van der Waals surface area contributed by atoms with Crippen LogP contribution in [0.3, 0.4) is 0 Å². The predicted octanol–water partition coefficient (Wildman–Crippen LogP) is 1.42. The zero-order valence-electron chi connectivity index (χ0n) is 10.6. The number of alkyl halides is 3. The Balaban J connectivity index is 0.000000270. The summed E-state index contributed by atoms with van der Waals surface area (Å²) in [6, 6.07) is 3.58. The summed E-state index contributed by atoms with van der Waals surface area (Å²) in [5.74, 6) is -2.76. The van der Waals surface area contributed by atoms with Gasteiger partial charge in [0.15, 0.2) is 6.29 Å². The Labute approximate surface area is 116 Å². The van der Waals surface area contributed by atoms with Crippen molar-refractivity contribution in [3.05, 3.63) is 35.9 Å².